The molecule has 142 valence electrons. The third-order valence-electron chi connectivity index (χ3n) is 5.82. The molecule has 0 amide bonds. The van der Waals surface area contributed by atoms with Gasteiger partial charge in [0.1, 0.15) is 11.6 Å². The van der Waals surface area contributed by atoms with Crippen molar-refractivity contribution in [3.05, 3.63) is 78.7 Å². The van der Waals surface area contributed by atoms with Crippen molar-refractivity contribution >= 4 is 44.6 Å². The third kappa shape index (κ3) is 2.63. The van der Waals surface area contributed by atoms with E-state index >= 15 is 0 Å². The summed E-state index contributed by atoms with van der Waals surface area (Å²) in [7, 11) is 0. The summed E-state index contributed by atoms with van der Waals surface area (Å²) in [6.45, 7) is 0. The maximum Gasteiger partial charge on any atom is 0.208 e. The summed E-state index contributed by atoms with van der Waals surface area (Å²) < 4.78 is 22.1. The molecule has 2 aromatic carbocycles. The van der Waals surface area contributed by atoms with Crippen LogP contribution in [-0.4, -0.2) is 0 Å². The number of hydrogen-bond acceptors (Lipinski definition) is 3. The van der Waals surface area contributed by atoms with Crippen LogP contribution in [0.2, 0.25) is 5.02 Å². The van der Waals surface area contributed by atoms with Crippen LogP contribution in [0.15, 0.2) is 46.9 Å². The molecule has 0 bridgehead atoms. The molecular formula is C22H16BrClFNOS. The second-order valence-corrected chi connectivity index (χ2v) is 10.2. The van der Waals surface area contributed by atoms with E-state index in [-0.39, 0.29) is 18.1 Å². The monoisotopic (exact) mass is 475 g/mol. The lowest BCUT2D eigenvalue weighted by Crippen LogP contribution is -2.37. The fourth-order valence-electron chi connectivity index (χ4n) is 4.42. The average Bonchev–Trinajstić information content (AvgIpc) is 3.26. The van der Waals surface area contributed by atoms with Crippen molar-refractivity contribution in [2.45, 2.75) is 37.5 Å². The van der Waals surface area contributed by atoms with Crippen molar-refractivity contribution in [3.8, 4) is 5.75 Å². The summed E-state index contributed by atoms with van der Waals surface area (Å²) in [5.41, 5.74) is 2.85. The molecule has 0 N–H and O–H groups in total. The van der Waals surface area contributed by atoms with E-state index in [4.69, 9.17) is 16.3 Å². The van der Waals surface area contributed by atoms with Gasteiger partial charge in [-0.25, -0.2) is 4.39 Å². The third-order valence-corrected chi connectivity index (χ3v) is 7.79. The Morgan fingerprint density at radius 3 is 2.75 bits per heavy atom. The predicted octanol–water partition coefficient (Wildman–Crippen LogP) is 7.38. The zero-order chi connectivity index (χ0) is 19.0. The molecule has 0 spiro atoms. The first-order chi connectivity index (χ1) is 13.6. The van der Waals surface area contributed by atoms with E-state index in [1.165, 1.54) is 28.7 Å². The summed E-state index contributed by atoms with van der Waals surface area (Å²) >= 11 is 11.5. The van der Waals surface area contributed by atoms with Gasteiger partial charge in [-0.2, -0.15) is 0 Å². The molecule has 1 aromatic heterocycles. The second kappa shape index (κ2) is 6.22. The summed E-state index contributed by atoms with van der Waals surface area (Å²) in [5, 5.41) is 0.708. The largest absolute Gasteiger partial charge is 0.465 e. The maximum atomic E-state index is 15.0. The number of ether oxygens (including phenoxy) is 1. The van der Waals surface area contributed by atoms with Gasteiger partial charge in [-0.05, 0) is 73.2 Å². The van der Waals surface area contributed by atoms with Gasteiger partial charge in [-0.3, -0.25) is 0 Å². The van der Waals surface area contributed by atoms with Crippen molar-refractivity contribution in [1.29, 1.82) is 0 Å². The van der Waals surface area contributed by atoms with Gasteiger partial charge >= 0.3 is 0 Å². The average molecular weight is 477 g/mol. The number of rotatable bonds is 2. The standard InChI is InChI=1S/C22H16BrClFNOS/c23-13-9-15(25)21-17-8-12-7-14(24)3-4-16(12)26(17)22(27-18(21)10-13)20-6-5-19(28-20)11-1-2-11/h3-7,9-11,17,22H,1-2,8H2. The van der Waals surface area contributed by atoms with Crippen molar-refractivity contribution in [2.75, 3.05) is 4.90 Å². The molecule has 3 aliphatic rings. The Bertz CT molecular complexity index is 1110. The van der Waals surface area contributed by atoms with Crippen LogP contribution in [0.25, 0.3) is 0 Å². The second-order valence-electron chi connectivity index (χ2n) is 7.68. The quantitative estimate of drug-likeness (QED) is 0.383. The Balaban J connectivity index is 1.52. The minimum atomic E-state index is -0.258. The van der Waals surface area contributed by atoms with Gasteiger partial charge in [0.15, 0.2) is 0 Å². The first-order valence-electron chi connectivity index (χ1n) is 9.40. The predicted molar refractivity (Wildman–Crippen MR) is 114 cm³/mol. The van der Waals surface area contributed by atoms with E-state index in [0.717, 1.165) is 17.7 Å². The minimum Gasteiger partial charge on any atom is -0.465 e. The van der Waals surface area contributed by atoms with E-state index in [2.05, 4.69) is 33.0 Å². The maximum absolute atomic E-state index is 15.0. The number of thiophene rings is 1. The van der Waals surface area contributed by atoms with Gasteiger partial charge in [0.25, 0.3) is 0 Å². The van der Waals surface area contributed by atoms with E-state index in [1.54, 1.807) is 0 Å². The molecule has 3 aromatic rings. The number of fused-ring (bicyclic) bond motifs is 5. The van der Waals surface area contributed by atoms with Crippen LogP contribution in [0.5, 0.6) is 5.75 Å². The van der Waals surface area contributed by atoms with Crippen LogP contribution in [-0.2, 0) is 6.42 Å². The summed E-state index contributed by atoms with van der Waals surface area (Å²) in [6, 6.07) is 13.6. The zero-order valence-corrected chi connectivity index (χ0v) is 18.0. The summed E-state index contributed by atoms with van der Waals surface area (Å²) in [4.78, 5) is 4.82. The number of hydrogen-bond donors (Lipinski definition) is 0. The molecule has 1 fully saturated rings. The van der Waals surface area contributed by atoms with Crippen LogP contribution in [0.4, 0.5) is 10.1 Å². The Morgan fingerprint density at radius 1 is 1.11 bits per heavy atom. The van der Waals surface area contributed by atoms with Gasteiger partial charge in [0, 0.05) is 20.1 Å². The lowest BCUT2D eigenvalue weighted by atomic mass is 9.99. The van der Waals surface area contributed by atoms with Gasteiger partial charge in [0.05, 0.1) is 16.5 Å². The van der Waals surface area contributed by atoms with Crippen LogP contribution >= 0.6 is 38.9 Å². The van der Waals surface area contributed by atoms with Crippen molar-refractivity contribution in [3.63, 3.8) is 0 Å². The number of nitrogens with zero attached hydrogens (tertiary/aromatic N) is 1. The Hall–Kier alpha value is -1.56. The van der Waals surface area contributed by atoms with Crippen LogP contribution < -0.4 is 9.64 Å². The summed E-state index contributed by atoms with van der Waals surface area (Å²) in [6.07, 6.45) is 3.02. The van der Waals surface area contributed by atoms with Crippen molar-refractivity contribution < 1.29 is 9.13 Å². The van der Waals surface area contributed by atoms with Gasteiger partial charge in [-0.15, -0.1) is 11.3 Å². The first kappa shape index (κ1) is 17.3. The summed E-state index contributed by atoms with van der Waals surface area (Å²) in [5.74, 6) is 1.10. The Labute approximate surface area is 180 Å². The Morgan fingerprint density at radius 2 is 1.93 bits per heavy atom. The molecule has 1 saturated carbocycles. The topological polar surface area (TPSA) is 12.5 Å². The van der Waals surface area contributed by atoms with Crippen molar-refractivity contribution in [2.24, 2.45) is 0 Å². The molecular weight excluding hydrogens is 461 g/mol. The lowest BCUT2D eigenvalue weighted by Gasteiger charge is -2.40. The molecule has 0 saturated heterocycles. The highest BCUT2D eigenvalue weighted by Crippen LogP contribution is 2.54. The fourth-order valence-corrected chi connectivity index (χ4v) is 6.23. The molecule has 0 radical (unpaired) electrons. The molecule has 6 rings (SSSR count). The normalized spacial score (nSPS) is 22.5. The highest BCUT2D eigenvalue weighted by Gasteiger charge is 2.44. The van der Waals surface area contributed by atoms with Gasteiger partial charge in [-0.1, -0.05) is 27.5 Å². The molecule has 3 heterocycles. The van der Waals surface area contributed by atoms with E-state index in [0.29, 0.717) is 26.7 Å². The molecule has 1 aliphatic carbocycles. The van der Waals surface area contributed by atoms with Gasteiger partial charge < -0.3 is 9.64 Å². The van der Waals surface area contributed by atoms with Gasteiger partial charge in [0.2, 0.25) is 6.23 Å². The smallest absolute Gasteiger partial charge is 0.208 e. The minimum absolute atomic E-state index is 0.0956. The molecule has 2 nitrogen and oxygen atoms in total. The highest BCUT2D eigenvalue weighted by molar-refractivity contribution is 9.10. The molecule has 2 atom stereocenters. The number of anilines is 1. The molecule has 28 heavy (non-hydrogen) atoms. The lowest BCUT2D eigenvalue weighted by molar-refractivity contribution is 0.168. The molecule has 2 aliphatic heterocycles. The number of benzene rings is 2. The molecule has 6 heteroatoms. The SMILES string of the molecule is Fc1cc(Br)cc2c1C1Cc3cc(Cl)ccc3N1C(c1ccc(C3CC3)s1)O2. The van der Waals surface area contributed by atoms with Crippen LogP contribution in [0, 0.1) is 5.82 Å². The van der Waals surface area contributed by atoms with E-state index < -0.39 is 0 Å². The number of halogens is 3. The van der Waals surface area contributed by atoms with E-state index in [9.17, 15) is 4.39 Å². The first-order valence-corrected chi connectivity index (χ1v) is 11.4. The van der Waals surface area contributed by atoms with Crippen LogP contribution in [0.1, 0.15) is 51.9 Å². The van der Waals surface area contributed by atoms with E-state index in [1.807, 2.05) is 35.6 Å². The Kier molecular flexibility index (Phi) is 3.84. The fraction of sp³-hybridized carbons (Fsp3) is 0.273. The zero-order valence-electron chi connectivity index (χ0n) is 14.8. The van der Waals surface area contributed by atoms with Crippen LogP contribution in [0.3, 0.4) is 0 Å². The van der Waals surface area contributed by atoms with Crippen molar-refractivity contribution in [1.82, 2.24) is 0 Å². The highest BCUT2D eigenvalue weighted by atomic mass is 79.9. The molecule has 2 unspecified atom stereocenters.